The third-order valence-corrected chi connectivity index (χ3v) is 6.11. The number of amides is 1. The minimum atomic E-state index is -0.492. The molecule has 1 amide bonds. The highest BCUT2D eigenvalue weighted by atomic mass is 32.1. The van der Waals surface area contributed by atoms with E-state index >= 15 is 0 Å². The monoisotopic (exact) mass is 425 g/mol. The van der Waals surface area contributed by atoms with E-state index in [1.807, 2.05) is 24.3 Å². The van der Waals surface area contributed by atoms with Crippen LogP contribution in [0.2, 0.25) is 0 Å². The number of nitrogens with zero attached hydrogens (tertiary/aromatic N) is 3. The Hall–Kier alpha value is -3.46. The number of nitro groups is 1. The summed E-state index contributed by atoms with van der Waals surface area (Å²) in [6.45, 7) is 1.92. The normalized spacial score (nSPS) is 14.0. The van der Waals surface area contributed by atoms with Gasteiger partial charge in [-0.3, -0.25) is 14.9 Å². The van der Waals surface area contributed by atoms with E-state index in [2.05, 4.69) is 4.90 Å². The van der Waals surface area contributed by atoms with Crippen LogP contribution in [0.15, 0.2) is 54.6 Å². The van der Waals surface area contributed by atoms with Gasteiger partial charge >= 0.3 is 5.97 Å². The molecule has 9 heteroatoms. The highest BCUT2D eigenvalue weighted by Crippen LogP contribution is 2.26. The predicted molar refractivity (Wildman–Crippen MR) is 114 cm³/mol. The number of anilines is 1. The number of piperazine rings is 1. The van der Waals surface area contributed by atoms with Crippen LogP contribution in [-0.4, -0.2) is 54.5 Å². The Kier molecular flexibility index (Phi) is 5.62. The number of fused-ring (bicyclic) bond motifs is 1. The number of benzene rings is 2. The van der Waals surface area contributed by atoms with Crippen molar-refractivity contribution in [1.82, 2.24) is 4.90 Å². The lowest BCUT2D eigenvalue weighted by Crippen LogP contribution is -2.49. The predicted octanol–water partition coefficient (Wildman–Crippen LogP) is 3.32. The fourth-order valence-corrected chi connectivity index (χ4v) is 4.33. The summed E-state index contributed by atoms with van der Waals surface area (Å²) in [7, 11) is 0. The molecule has 30 heavy (non-hydrogen) atoms. The smallest absolute Gasteiger partial charge is 0.348 e. The number of carbonyl (C=O) groups excluding carboxylic acids is 2. The molecule has 1 aliphatic rings. The summed E-state index contributed by atoms with van der Waals surface area (Å²) in [6.07, 6.45) is 0. The van der Waals surface area contributed by atoms with Crippen molar-refractivity contribution < 1.29 is 19.2 Å². The lowest BCUT2D eigenvalue weighted by atomic mass is 10.2. The van der Waals surface area contributed by atoms with Crippen LogP contribution in [0, 0.1) is 10.1 Å². The summed E-state index contributed by atoms with van der Waals surface area (Å²) in [6, 6.07) is 15.8. The summed E-state index contributed by atoms with van der Waals surface area (Å²) in [4.78, 5) is 39.2. The van der Waals surface area contributed by atoms with Crippen molar-refractivity contribution in [2.75, 3.05) is 37.7 Å². The zero-order valence-electron chi connectivity index (χ0n) is 16.0. The fourth-order valence-electron chi connectivity index (χ4n) is 3.37. The van der Waals surface area contributed by atoms with E-state index in [1.165, 1.54) is 23.5 Å². The van der Waals surface area contributed by atoms with E-state index in [9.17, 15) is 19.7 Å². The number of hydrogen-bond donors (Lipinski definition) is 0. The Balaban J connectivity index is 1.28. The van der Waals surface area contributed by atoms with Gasteiger partial charge < -0.3 is 14.5 Å². The van der Waals surface area contributed by atoms with E-state index in [0.717, 1.165) is 15.8 Å². The molecule has 0 saturated carbocycles. The number of nitro benzene ring substituents is 1. The number of ether oxygens (including phenoxy) is 1. The number of hydrogen-bond acceptors (Lipinski definition) is 7. The summed E-state index contributed by atoms with van der Waals surface area (Å²) < 4.78 is 6.22. The molecule has 0 unspecified atom stereocenters. The third-order valence-electron chi connectivity index (χ3n) is 5.01. The van der Waals surface area contributed by atoms with Crippen LogP contribution in [0.3, 0.4) is 0 Å². The van der Waals surface area contributed by atoms with Gasteiger partial charge in [0, 0.05) is 48.7 Å². The maximum Gasteiger partial charge on any atom is 0.348 e. The first kappa shape index (κ1) is 19.8. The standard InChI is InChI=1S/C21H19N3O5S/c25-20(14-29-21(26)19-13-15-3-1-2-4-18(15)30-19)23-11-9-22(10-12-23)16-5-7-17(8-6-16)24(27)28/h1-8,13H,9-12,14H2. The number of esters is 1. The maximum absolute atomic E-state index is 12.4. The van der Waals surface area contributed by atoms with Gasteiger partial charge in [-0.05, 0) is 29.7 Å². The SMILES string of the molecule is O=C(OCC(=O)N1CCN(c2ccc([N+](=O)[O-])cc2)CC1)c1cc2ccccc2s1. The van der Waals surface area contributed by atoms with E-state index < -0.39 is 10.9 Å². The number of rotatable bonds is 5. The molecule has 0 bridgehead atoms. The van der Waals surface area contributed by atoms with Crippen molar-refractivity contribution in [3.8, 4) is 0 Å². The molecule has 4 rings (SSSR count). The van der Waals surface area contributed by atoms with Crippen LogP contribution < -0.4 is 4.90 Å². The number of thiophene rings is 1. The van der Waals surface area contributed by atoms with E-state index in [-0.39, 0.29) is 18.2 Å². The first-order valence-electron chi connectivity index (χ1n) is 9.44. The number of non-ortho nitro benzene ring substituents is 1. The zero-order chi connectivity index (χ0) is 21.1. The van der Waals surface area contributed by atoms with E-state index in [1.54, 1.807) is 23.1 Å². The van der Waals surface area contributed by atoms with Crippen LogP contribution in [0.1, 0.15) is 9.67 Å². The molecular weight excluding hydrogens is 406 g/mol. The molecule has 0 atom stereocenters. The summed E-state index contributed by atoms with van der Waals surface area (Å²) in [5.74, 6) is -0.720. The zero-order valence-corrected chi connectivity index (χ0v) is 16.8. The molecule has 154 valence electrons. The molecule has 2 aromatic carbocycles. The highest BCUT2D eigenvalue weighted by Gasteiger charge is 2.23. The largest absolute Gasteiger partial charge is 0.451 e. The van der Waals surface area contributed by atoms with Crippen molar-refractivity contribution in [3.63, 3.8) is 0 Å². The third kappa shape index (κ3) is 4.25. The van der Waals surface area contributed by atoms with Gasteiger partial charge in [0.1, 0.15) is 4.88 Å². The highest BCUT2D eigenvalue weighted by molar-refractivity contribution is 7.20. The minimum Gasteiger partial charge on any atom is -0.451 e. The average Bonchev–Trinajstić information content (AvgIpc) is 3.22. The van der Waals surface area contributed by atoms with Gasteiger partial charge in [0.05, 0.1) is 4.92 Å². The van der Waals surface area contributed by atoms with Crippen molar-refractivity contribution in [2.45, 2.75) is 0 Å². The summed E-state index contributed by atoms with van der Waals surface area (Å²) >= 11 is 1.35. The molecule has 1 saturated heterocycles. The molecule has 0 N–H and O–H groups in total. The lowest BCUT2D eigenvalue weighted by molar-refractivity contribution is -0.384. The number of carbonyl (C=O) groups is 2. The van der Waals surface area contributed by atoms with Crippen LogP contribution in [0.25, 0.3) is 10.1 Å². The first-order chi connectivity index (χ1) is 14.5. The van der Waals surface area contributed by atoms with Gasteiger partial charge in [-0.2, -0.15) is 0 Å². The quantitative estimate of drug-likeness (QED) is 0.354. The first-order valence-corrected chi connectivity index (χ1v) is 10.3. The van der Waals surface area contributed by atoms with Gasteiger partial charge in [0.2, 0.25) is 0 Å². The summed E-state index contributed by atoms with van der Waals surface area (Å²) in [5.41, 5.74) is 0.928. The van der Waals surface area contributed by atoms with Crippen LogP contribution in [-0.2, 0) is 9.53 Å². The van der Waals surface area contributed by atoms with Gasteiger partial charge in [-0.1, -0.05) is 18.2 Å². The second-order valence-electron chi connectivity index (χ2n) is 6.87. The van der Waals surface area contributed by atoms with Gasteiger partial charge in [0.15, 0.2) is 6.61 Å². The Morgan fingerprint density at radius 2 is 1.73 bits per heavy atom. The van der Waals surface area contributed by atoms with Gasteiger partial charge in [-0.25, -0.2) is 4.79 Å². The summed E-state index contributed by atoms with van der Waals surface area (Å²) in [5, 5.41) is 11.7. The minimum absolute atomic E-state index is 0.0491. The molecule has 0 aliphatic carbocycles. The van der Waals surface area contributed by atoms with Crippen LogP contribution in [0.5, 0.6) is 0 Å². The molecular formula is C21H19N3O5S. The molecule has 0 radical (unpaired) electrons. The lowest BCUT2D eigenvalue weighted by Gasteiger charge is -2.36. The Bertz CT molecular complexity index is 1050. The molecule has 0 spiro atoms. The maximum atomic E-state index is 12.4. The van der Waals surface area contributed by atoms with Crippen molar-refractivity contribution in [1.29, 1.82) is 0 Å². The molecule has 8 nitrogen and oxygen atoms in total. The van der Waals surface area contributed by atoms with E-state index in [0.29, 0.717) is 31.1 Å². The Morgan fingerprint density at radius 3 is 2.40 bits per heavy atom. The second-order valence-corrected chi connectivity index (χ2v) is 7.95. The topological polar surface area (TPSA) is 93.0 Å². The van der Waals surface area contributed by atoms with Crippen molar-refractivity contribution in [3.05, 3.63) is 69.6 Å². The molecule has 3 aromatic rings. The van der Waals surface area contributed by atoms with Crippen LogP contribution >= 0.6 is 11.3 Å². The van der Waals surface area contributed by atoms with Crippen LogP contribution in [0.4, 0.5) is 11.4 Å². The van der Waals surface area contributed by atoms with Crippen molar-refractivity contribution in [2.24, 2.45) is 0 Å². The Morgan fingerprint density at radius 1 is 1.03 bits per heavy atom. The van der Waals surface area contributed by atoms with Crippen molar-refractivity contribution >= 4 is 44.7 Å². The van der Waals surface area contributed by atoms with Gasteiger partial charge in [0.25, 0.3) is 11.6 Å². The van der Waals surface area contributed by atoms with Gasteiger partial charge in [-0.15, -0.1) is 11.3 Å². The molecule has 1 aromatic heterocycles. The molecule has 1 fully saturated rings. The average molecular weight is 425 g/mol. The Labute approximate surface area is 176 Å². The fraction of sp³-hybridized carbons (Fsp3) is 0.238. The molecule has 1 aliphatic heterocycles. The second kappa shape index (κ2) is 8.50. The van der Waals surface area contributed by atoms with E-state index in [4.69, 9.17) is 4.74 Å². The molecule has 2 heterocycles.